The highest BCUT2D eigenvalue weighted by Crippen LogP contribution is 2.41. The molecule has 0 spiro atoms. The molecular weight excluding hydrogens is 422 g/mol. The predicted octanol–water partition coefficient (Wildman–Crippen LogP) is 3.19. The number of H-pyrrole nitrogens is 1. The molecule has 31 heavy (non-hydrogen) atoms. The van der Waals surface area contributed by atoms with Gasteiger partial charge in [0.05, 0.1) is 39.9 Å². The van der Waals surface area contributed by atoms with E-state index in [4.69, 9.17) is 23.9 Å². The van der Waals surface area contributed by atoms with Gasteiger partial charge in [-0.3, -0.25) is 4.79 Å². The van der Waals surface area contributed by atoms with Crippen molar-refractivity contribution in [3.8, 4) is 28.6 Å². The van der Waals surface area contributed by atoms with Crippen LogP contribution < -0.4 is 19.8 Å². The molecule has 1 aliphatic rings. The molecule has 0 aliphatic carbocycles. The van der Waals surface area contributed by atoms with Crippen molar-refractivity contribution in [1.82, 2.24) is 14.9 Å². The number of fused-ring (bicyclic) bond motifs is 3. The quantitative estimate of drug-likeness (QED) is 0.643. The maximum absolute atomic E-state index is 13.0. The minimum absolute atomic E-state index is 0.212. The Balaban J connectivity index is 1.78. The monoisotopic (exact) mass is 445 g/mol. The Hall–Kier alpha value is -3.27. The lowest BCUT2D eigenvalue weighted by Gasteiger charge is -2.25. The summed E-state index contributed by atoms with van der Waals surface area (Å²) in [4.78, 5) is 35.9. The van der Waals surface area contributed by atoms with Crippen LogP contribution in [-0.4, -0.2) is 55.4 Å². The molecule has 0 bridgehead atoms. The fraction of sp³-hybridized carbons (Fsp3) is 0.381. The van der Waals surface area contributed by atoms with Gasteiger partial charge in [-0.15, -0.1) is 11.3 Å². The average molecular weight is 445 g/mol. The predicted molar refractivity (Wildman–Crippen MR) is 116 cm³/mol. The minimum atomic E-state index is -0.342. The topological polar surface area (TPSA) is 103 Å². The molecule has 1 N–H and O–H groups in total. The van der Waals surface area contributed by atoms with Crippen LogP contribution in [0.1, 0.15) is 17.4 Å². The van der Waals surface area contributed by atoms with E-state index < -0.39 is 0 Å². The highest BCUT2D eigenvalue weighted by Gasteiger charge is 2.27. The van der Waals surface area contributed by atoms with Gasteiger partial charge in [0.1, 0.15) is 10.7 Å². The first-order chi connectivity index (χ1) is 15.0. The highest BCUT2D eigenvalue weighted by atomic mass is 32.1. The van der Waals surface area contributed by atoms with E-state index in [9.17, 15) is 9.59 Å². The largest absolute Gasteiger partial charge is 0.493 e. The van der Waals surface area contributed by atoms with Gasteiger partial charge in [0, 0.05) is 17.0 Å². The number of ether oxygens (including phenoxy) is 4. The van der Waals surface area contributed by atoms with Crippen LogP contribution in [0.15, 0.2) is 16.9 Å². The molecule has 3 aromatic rings. The summed E-state index contributed by atoms with van der Waals surface area (Å²) in [6.07, 6.45) is 0.244. The number of hydrogen-bond donors (Lipinski definition) is 1. The van der Waals surface area contributed by atoms with Crippen molar-refractivity contribution in [2.24, 2.45) is 0 Å². The molecule has 164 valence electrons. The van der Waals surface area contributed by atoms with Crippen LogP contribution >= 0.6 is 11.3 Å². The number of carbonyl (C=O) groups excluding carboxylic acids is 1. The maximum Gasteiger partial charge on any atom is 0.410 e. The Labute approximate surface area is 182 Å². The Morgan fingerprint density at radius 2 is 1.90 bits per heavy atom. The van der Waals surface area contributed by atoms with Crippen LogP contribution in [0.2, 0.25) is 0 Å². The highest BCUT2D eigenvalue weighted by molar-refractivity contribution is 7.18. The fourth-order valence-corrected chi connectivity index (χ4v) is 4.96. The number of amides is 1. The summed E-state index contributed by atoms with van der Waals surface area (Å²) in [7, 11) is 4.59. The van der Waals surface area contributed by atoms with Crippen LogP contribution in [0.4, 0.5) is 4.79 Å². The fourth-order valence-electron chi connectivity index (χ4n) is 3.73. The Morgan fingerprint density at radius 3 is 2.52 bits per heavy atom. The third-order valence-corrected chi connectivity index (χ3v) is 6.29. The number of nitrogens with one attached hydrogen (secondary N) is 1. The van der Waals surface area contributed by atoms with Crippen LogP contribution in [0.25, 0.3) is 21.6 Å². The SMILES string of the molecule is CCOC(=O)N1CCc2c(sc3nc(-c4cc(OC)c(OC)c(OC)c4)[nH]c(=O)c23)C1. The number of nitrogens with zero attached hydrogens (tertiary/aromatic N) is 2. The third kappa shape index (κ3) is 3.67. The molecule has 3 heterocycles. The summed E-state index contributed by atoms with van der Waals surface area (Å²) in [6.45, 7) is 3.02. The van der Waals surface area contributed by atoms with Crippen molar-refractivity contribution in [2.45, 2.75) is 19.9 Å². The van der Waals surface area contributed by atoms with Gasteiger partial charge in [0.15, 0.2) is 11.5 Å². The molecule has 10 heteroatoms. The van der Waals surface area contributed by atoms with Crippen molar-refractivity contribution >= 4 is 27.6 Å². The lowest BCUT2D eigenvalue weighted by atomic mass is 10.1. The zero-order valence-electron chi connectivity index (χ0n) is 17.7. The van der Waals surface area contributed by atoms with E-state index in [0.29, 0.717) is 65.0 Å². The summed E-state index contributed by atoms with van der Waals surface area (Å²) < 4.78 is 21.3. The molecule has 0 saturated heterocycles. The number of rotatable bonds is 5. The molecule has 2 aromatic heterocycles. The number of benzene rings is 1. The molecule has 1 amide bonds. The van der Waals surface area contributed by atoms with Crippen molar-refractivity contribution in [3.05, 3.63) is 32.9 Å². The van der Waals surface area contributed by atoms with Gasteiger partial charge in [-0.1, -0.05) is 0 Å². The Morgan fingerprint density at radius 1 is 1.19 bits per heavy atom. The van der Waals surface area contributed by atoms with E-state index in [1.807, 2.05) is 0 Å². The zero-order valence-corrected chi connectivity index (χ0v) is 18.6. The standard InChI is InChI=1S/C21H23N3O6S/c1-5-30-21(26)24-7-6-12-15(10-24)31-20-16(12)19(25)22-18(23-20)11-8-13(27-2)17(29-4)14(9-11)28-3/h8-9H,5-7,10H2,1-4H3,(H,22,23,25). The molecule has 0 unspecified atom stereocenters. The smallest absolute Gasteiger partial charge is 0.410 e. The van der Waals surface area contributed by atoms with Gasteiger partial charge in [-0.25, -0.2) is 9.78 Å². The average Bonchev–Trinajstić information content (AvgIpc) is 3.16. The summed E-state index contributed by atoms with van der Waals surface area (Å²) in [5.74, 6) is 1.80. The first-order valence-corrected chi connectivity index (χ1v) is 10.6. The van der Waals surface area contributed by atoms with E-state index in [0.717, 1.165) is 10.4 Å². The second kappa shape index (κ2) is 8.46. The molecule has 1 aliphatic heterocycles. The third-order valence-electron chi connectivity index (χ3n) is 5.17. The van der Waals surface area contributed by atoms with Gasteiger partial charge in [-0.05, 0) is 31.0 Å². The molecular formula is C21H23N3O6S. The zero-order chi connectivity index (χ0) is 22.1. The molecule has 0 fully saturated rings. The van der Waals surface area contributed by atoms with E-state index in [1.165, 1.54) is 32.7 Å². The summed E-state index contributed by atoms with van der Waals surface area (Å²) in [5, 5.41) is 0.583. The van der Waals surface area contributed by atoms with Gasteiger partial charge in [0.2, 0.25) is 5.75 Å². The van der Waals surface area contributed by atoms with Crippen molar-refractivity contribution in [1.29, 1.82) is 0 Å². The Kier molecular flexibility index (Phi) is 5.73. The van der Waals surface area contributed by atoms with Crippen LogP contribution in [0.3, 0.4) is 0 Å². The number of aromatic nitrogens is 2. The van der Waals surface area contributed by atoms with E-state index in [2.05, 4.69) is 4.98 Å². The second-order valence-corrected chi connectivity index (χ2v) is 7.97. The van der Waals surface area contributed by atoms with E-state index in [-0.39, 0.29) is 11.7 Å². The molecule has 0 radical (unpaired) electrons. The molecule has 4 rings (SSSR count). The second-order valence-electron chi connectivity index (χ2n) is 6.88. The van der Waals surface area contributed by atoms with Gasteiger partial charge in [0.25, 0.3) is 5.56 Å². The van der Waals surface area contributed by atoms with Crippen LogP contribution in [-0.2, 0) is 17.7 Å². The number of thiophene rings is 1. The number of methoxy groups -OCH3 is 3. The van der Waals surface area contributed by atoms with Crippen molar-refractivity contribution in [2.75, 3.05) is 34.5 Å². The maximum atomic E-state index is 13.0. The summed E-state index contributed by atoms with van der Waals surface area (Å²) in [6, 6.07) is 3.48. The van der Waals surface area contributed by atoms with Gasteiger partial charge in [-0.2, -0.15) is 0 Å². The first kappa shape index (κ1) is 21.0. The van der Waals surface area contributed by atoms with E-state index >= 15 is 0 Å². The molecule has 1 aromatic carbocycles. The van der Waals surface area contributed by atoms with Crippen molar-refractivity contribution in [3.63, 3.8) is 0 Å². The first-order valence-electron chi connectivity index (χ1n) is 9.77. The number of hydrogen-bond acceptors (Lipinski definition) is 8. The van der Waals surface area contributed by atoms with Crippen LogP contribution in [0.5, 0.6) is 17.2 Å². The minimum Gasteiger partial charge on any atom is -0.493 e. The number of carbonyl (C=O) groups is 1. The Bertz CT molecular complexity index is 1180. The summed E-state index contributed by atoms with van der Waals surface area (Å²) in [5.41, 5.74) is 1.37. The molecule has 9 nitrogen and oxygen atoms in total. The van der Waals surface area contributed by atoms with E-state index in [1.54, 1.807) is 24.0 Å². The lowest BCUT2D eigenvalue weighted by Crippen LogP contribution is -2.35. The normalized spacial score (nSPS) is 13.1. The molecule has 0 atom stereocenters. The lowest BCUT2D eigenvalue weighted by molar-refractivity contribution is 0.103. The van der Waals surface area contributed by atoms with Crippen LogP contribution in [0, 0.1) is 0 Å². The van der Waals surface area contributed by atoms with Gasteiger partial charge < -0.3 is 28.8 Å². The van der Waals surface area contributed by atoms with Gasteiger partial charge >= 0.3 is 6.09 Å². The number of aromatic amines is 1. The summed E-state index contributed by atoms with van der Waals surface area (Å²) >= 11 is 1.42. The van der Waals surface area contributed by atoms with Crippen molar-refractivity contribution < 1.29 is 23.7 Å². The molecule has 0 saturated carbocycles.